The van der Waals surface area contributed by atoms with Crippen LogP contribution < -0.4 is 0 Å². The molecule has 0 aromatic heterocycles. The fourth-order valence-electron chi connectivity index (χ4n) is 1.62. The molecule has 1 fully saturated rings. The summed E-state index contributed by atoms with van der Waals surface area (Å²) in [6.07, 6.45) is 5.17. The van der Waals surface area contributed by atoms with Crippen LogP contribution in [0.15, 0.2) is 0 Å². The SMILES string of the molecule is CCCC1OC(CC)C[C@@H](C)O1. The average Bonchev–Trinajstić information content (AvgIpc) is 2.04. The van der Waals surface area contributed by atoms with Gasteiger partial charge in [-0.1, -0.05) is 20.3 Å². The highest BCUT2D eigenvalue weighted by Crippen LogP contribution is 2.22. The van der Waals surface area contributed by atoms with E-state index >= 15 is 0 Å². The van der Waals surface area contributed by atoms with Gasteiger partial charge in [-0.05, 0) is 26.2 Å². The van der Waals surface area contributed by atoms with E-state index in [1.807, 2.05) is 0 Å². The molecule has 2 heteroatoms. The van der Waals surface area contributed by atoms with Crippen molar-refractivity contribution in [2.75, 3.05) is 0 Å². The smallest absolute Gasteiger partial charge is 0.158 e. The topological polar surface area (TPSA) is 18.5 Å². The van der Waals surface area contributed by atoms with Gasteiger partial charge < -0.3 is 9.47 Å². The van der Waals surface area contributed by atoms with Gasteiger partial charge in [-0.2, -0.15) is 0 Å². The van der Waals surface area contributed by atoms with Crippen LogP contribution in [-0.4, -0.2) is 18.5 Å². The minimum absolute atomic E-state index is 0.0590. The summed E-state index contributed by atoms with van der Waals surface area (Å²) in [5.74, 6) is 0. The molecule has 12 heavy (non-hydrogen) atoms. The molecular weight excluding hydrogens is 152 g/mol. The van der Waals surface area contributed by atoms with Gasteiger partial charge in [0.2, 0.25) is 0 Å². The van der Waals surface area contributed by atoms with Crippen molar-refractivity contribution >= 4 is 0 Å². The molecule has 72 valence electrons. The van der Waals surface area contributed by atoms with Crippen molar-refractivity contribution in [2.24, 2.45) is 0 Å². The van der Waals surface area contributed by atoms with Crippen LogP contribution in [0.25, 0.3) is 0 Å². The summed E-state index contributed by atoms with van der Waals surface area (Å²) >= 11 is 0. The highest BCUT2D eigenvalue weighted by molar-refractivity contribution is 4.68. The first-order valence-electron chi connectivity index (χ1n) is 5.07. The van der Waals surface area contributed by atoms with Crippen molar-refractivity contribution in [3.05, 3.63) is 0 Å². The Morgan fingerprint density at radius 3 is 2.58 bits per heavy atom. The first-order chi connectivity index (χ1) is 5.76. The maximum atomic E-state index is 5.72. The molecule has 0 bridgehead atoms. The predicted octanol–water partition coefficient (Wildman–Crippen LogP) is 2.72. The molecule has 1 rings (SSSR count). The van der Waals surface area contributed by atoms with Gasteiger partial charge in [0, 0.05) is 0 Å². The fraction of sp³-hybridized carbons (Fsp3) is 1.00. The van der Waals surface area contributed by atoms with E-state index in [1.165, 1.54) is 0 Å². The Hall–Kier alpha value is -0.0800. The van der Waals surface area contributed by atoms with Gasteiger partial charge in [-0.25, -0.2) is 0 Å². The Kier molecular flexibility index (Phi) is 4.02. The van der Waals surface area contributed by atoms with E-state index in [0.717, 1.165) is 25.7 Å². The molecular formula is C10H20O2. The van der Waals surface area contributed by atoms with Crippen LogP contribution in [0.3, 0.4) is 0 Å². The maximum Gasteiger partial charge on any atom is 0.158 e. The molecule has 0 aliphatic carbocycles. The normalized spacial score (nSPS) is 36.8. The van der Waals surface area contributed by atoms with Crippen LogP contribution >= 0.6 is 0 Å². The lowest BCUT2D eigenvalue weighted by Crippen LogP contribution is -2.36. The zero-order valence-electron chi connectivity index (χ0n) is 8.38. The van der Waals surface area contributed by atoms with Gasteiger partial charge in [-0.15, -0.1) is 0 Å². The zero-order valence-corrected chi connectivity index (χ0v) is 8.38. The molecule has 0 radical (unpaired) electrons. The Morgan fingerprint density at radius 1 is 1.25 bits per heavy atom. The van der Waals surface area contributed by atoms with Crippen LogP contribution in [0.1, 0.15) is 46.5 Å². The highest BCUT2D eigenvalue weighted by Gasteiger charge is 2.25. The van der Waals surface area contributed by atoms with Crippen molar-refractivity contribution < 1.29 is 9.47 Å². The average molecular weight is 172 g/mol. The zero-order chi connectivity index (χ0) is 8.97. The summed E-state index contributed by atoms with van der Waals surface area (Å²) < 4.78 is 11.4. The molecule has 0 amide bonds. The van der Waals surface area contributed by atoms with Crippen molar-refractivity contribution in [3.8, 4) is 0 Å². The largest absolute Gasteiger partial charge is 0.350 e. The maximum absolute atomic E-state index is 5.72. The third-order valence-electron chi connectivity index (χ3n) is 2.30. The third kappa shape index (κ3) is 2.76. The van der Waals surface area contributed by atoms with Gasteiger partial charge in [0.15, 0.2) is 6.29 Å². The second kappa shape index (κ2) is 4.83. The van der Waals surface area contributed by atoms with Crippen LogP contribution in [0.5, 0.6) is 0 Å². The van der Waals surface area contributed by atoms with Gasteiger partial charge in [0.1, 0.15) is 0 Å². The number of hydrogen-bond acceptors (Lipinski definition) is 2. The lowest BCUT2D eigenvalue weighted by molar-refractivity contribution is -0.240. The van der Waals surface area contributed by atoms with Crippen molar-refractivity contribution in [1.82, 2.24) is 0 Å². The molecule has 0 aromatic rings. The number of hydrogen-bond donors (Lipinski definition) is 0. The summed E-state index contributed by atoms with van der Waals surface area (Å²) in [5.41, 5.74) is 0. The van der Waals surface area contributed by atoms with Crippen LogP contribution in [0.4, 0.5) is 0 Å². The summed E-state index contributed by atoms with van der Waals surface area (Å²) in [7, 11) is 0. The lowest BCUT2D eigenvalue weighted by Gasteiger charge is -2.33. The van der Waals surface area contributed by atoms with E-state index in [1.54, 1.807) is 0 Å². The first kappa shape index (κ1) is 10.0. The van der Waals surface area contributed by atoms with Gasteiger partial charge in [0.05, 0.1) is 12.2 Å². The van der Waals surface area contributed by atoms with Crippen molar-refractivity contribution in [2.45, 2.75) is 65.0 Å². The molecule has 1 aliphatic rings. The Morgan fingerprint density at radius 2 is 2.00 bits per heavy atom. The molecule has 3 atom stereocenters. The molecule has 1 saturated heterocycles. The third-order valence-corrected chi connectivity index (χ3v) is 2.30. The standard InChI is InChI=1S/C10H20O2/c1-4-6-10-11-8(3)7-9(5-2)12-10/h8-10H,4-7H2,1-3H3/t8-,9?,10?/m1/s1. The predicted molar refractivity (Wildman–Crippen MR) is 49.0 cm³/mol. The quantitative estimate of drug-likeness (QED) is 0.651. The molecule has 1 aliphatic heterocycles. The second-order valence-electron chi connectivity index (χ2n) is 3.57. The molecule has 0 spiro atoms. The molecule has 0 N–H and O–H groups in total. The van der Waals surface area contributed by atoms with Crippen LogP contribution in [0.2, 0.25) is 0 Å². The molecule has 0 saturated carbocycles. The lowest BCUT2D eigenvalue weighted by atomic mass is 10.1. The van der Waals surface area contributed by atoms with Crippen LogP contribution in [-0.2, 0) is 9.47 Å². The van der Waals surface area contributed by atoms with Gasteiger partial charge >= 0.3 is 0 Å². The van der Waals surface area contributed by atoms with E-state index in [9.17, 15) is 0 Å². The summed E-state index contributed by atoms with van der Waals surface area (Å²) in [6, 6.07) is 0. The first-order valence-corrected chi connectivity index (χ1v) is 5.07. The molecule has 2 nitrogen and oxygen atoms in total. The highest BCUT2D eigenvalue weighted by atomic mass is 16.7. The number of rotatable bonds is 3. The van der Waals surface area contributed by atoms with Gasteiger partial charge in [-0.3, -0.25) is 0 Å². The minimum atomic E-state index is 0.0590. The van der Waals surface area contributed by atoms with Crippen molar-refractivity contribution in [1.29, 1.82) is 0 Å². The van der Waals surface area contributed by atoms with E-state index < -0.39 is 0 Å². The minimum Gasteiger partial charge on any atom is -0.350 e. The Balaban J connectivity index is 2.34. The monoisotopic (exact) mass is 172 g/mol. The summed E-state index contributed by atoms with van der Waals surface area (Å²) in [6.45, 7) is 6.46. The molecule has 2 unspecified atom stereocenters. The van der Waals surface area contributed by atoms with Gasteiger partial charge in [0.25, 0.3) is 0 Å². The Labute approximate surface area is 75.2 Å². The molecule has 1 heterocycles. The van der Waals surface area contributed by atoms with E-state index in [4.69, 9.17) is 9.47 Å². The second-order valence-corrected chi connectivity index (χ2v) is 3.57. The molecule has 0 aromatic carbocycles. The van der Waals surface area contributed by atoms with Crippen LogP contribution in [0, 0.1) is 0 Å². The fourth-order valence-corrected chi connectivity index (χ4v) is 1.62. The van der Waals surface area contributed by atoms with E-state index in [0.29, 0.717) is 12.2 Å². The summed E-state index contributed by atoms with van der Waals surface area (Å²) in [5, 5.41) is 0. The van der Waals surface area contributed by atoms with Crippen molar-refractivity contribution in [3.63, 3.8) is 0 Å². The number of ether oxygens (including phenoxy) is 2. The summed E-state index contributed by atoms with van der Waals surface area (Å²) in [4.78, 5) is 0. The Bertz CT molecular complexity index is 125. The van der Waals surface area contributed by atoms with E-state index in [2.05, 4.69) is 20.8 Å². The van der Waals surface area contributed by atoms with E-state index in [-0.39, 0.29) is 6.29 Å².